The molecule has 5 rings (SSSR count). The van der Waals surface area contributed by atoms with Gasteiger partial charge in [-0.3, -0.25) is 4.79 Å². The summed E-state index contributed by atoms with van der Waals surface area (Å²) in [7, 11) is 0. The highest BCUT2D eigenvalue weighted by molar-refractivity contribution is 5.96. The monoisotopic (exact) mass is 244 g/mol. The highest BCUT2D eigenvalue weighted by Gasteiger charge is 2.51. The van der Waals surface area contributed by atoms with Crippen LogP contribution in [0.25, 0.3) is 0 Å². The first kappa shape index (κ1) is 10.8. The van der Waals surface area contributed by atoms with Crippen LogP contribution in [0.5, 0.6) is 0 Å². The van der Waals surface area contributed by atoms with E-state index >= 15 is 0 Å². The number of rotatable bonds is 3. The fourth-order valence-electron chi connectivity index (χ4n) is 5.37. The van der Waals surface area contributed by atoms with Gasteiger partial charge in [0.15, 0.2) is 5.78 Å². The van der Waals surface area contributed by atoms with Gasteiger partial charge >= 0.3 is 0 Å². The maximum atomic E-state index is 12.3. The normalized spacial score (nSPS) is 41.2. The predicted molar refractivity (Wildman–Crippen MR) is 68.3 cm³/mol. The van der Waals surface area contributed by atoms with Gasteiger partial charge in [-0.1, -0.05) is 0 Å². The zero-order valence-corrected chi connectivity index (χ0v) is 10.7. The van der Waals surface area contributed by atoms with Gasteiger partial charge in [0.05, 0.1) is 11.8 Å². The molecular formula is C16H20O2. The van der Waals surface area contributed by atoms with Crippen molar-refractivity contribution in [2.45, 2.75) is 44.9 Å². The van der Waals surface area contributed by atoms with Gasteiger partial charge in [-0.25, -0.2) is 0 Å². The second-order valence-electron chi connectivity index (χ2n) is 7.03. The second kappa shape index (κ2) is 3.72. The minimum Gasteiger partial charge on any atom is -0.472 e. The fourth-order valence-corrected chi connectivity index (χ4v) is 5.37. The zero-order valence-electron chi connectivity index (χ0n) is 10.7. The summed E-state index contributed by atoms with van der Waals surface area (Å²) in [6.07, 6.45) is 12.2. The van der Waals surface area contributed by atoms with E-state index < -0.39 is 0 Å². The van der Waals surface area contributed by atoms with Crippen LogP contribution in [-0.4, -0.2) is 5.78 Å². The van der Waals surface area contributed by atoms with Crippen LogP contribution in [-0.2, 0) is 0 Å². The van der Waals surface area contributed by atoms with Crippen molar-refractivity contribution in [1.82, 2.24) is 0 Å². The number of Topliss-reactive ketones (excluding diaryl/α,β-unsaturated/α-hetero) is 1. The van der Waals surface area contributed by atoms with Crippen molar-refractivity contribution in [3.8, 4) is 0 Å². The van der Waals surface area contributed by atoms with Gasteiger partial charge < -0.3 is 4.42 Å². The summed E-state index contributed by atoms with van der Waals surface area (Å²) in [6, 6.07) is 1.81. The molecule has 0 aromatic carbocycles. The predicted octanol–water partition coefficient (Wildman–Crippen LogP) is 4.07. The van der Waals surface area contributed by atoms with Crippen LogP contribution in [0.2, 0.25) is 0 Å². The average Bonchev–Trinajstić information content (AvgIpc) is 2.79. The number of hydrogen-bond donors (Lipinski definition) is 0. The van der Waals surface area contributed by atoms with Crippen molar-refractivity contribution in [3.05, 3.63) is 24.2 Å². The number of carbonyl (C=O) groups is 1. The molecule has 1 aromatic heterocycles. The van der Waals surface area contributed by atoms with Gasteiger partial charge in [0.2, 0.25) is 0 Å². The lowest BCUT2D eigenvalue weighted by atomic mass is 9.48. The summed E-state index contributed by atoms with van der Waals surface area (Å²) in [4.78, 5) is 12.3. The number of furan rings is 1. The van der Waals surface area contributed by atoms with Gasteiger partial charge in [0.25, 0.3) is 0 Å². The maximum Gasteiger partial charge on any atom is 0.166 e. The molecule has 4 aliphatic rings. The van der Waals surface area contributed by atoms with Crippen LogP contribution >= 0.6 is 0 Å². The molecule has 0 unspecified atom stereocenters. The van der Waals surface area contributed by atoms with Crippen LogP contribution < -0.4 is 0 Å². The standard InChI is InChI=1S/C16H20O2/c17-15(14-1-2-18-10-14)9-16-6-11-3-12(7-16)5-13(4-11)8-16/h1-2,10-13H,3-9H2. The van der Waals surface area contributed by atoms with Crippen LogP contribution in [0, 0.1) is 23.2 Å². The third-order valence-electron chi connectivity index (χ3n) is 5.54. The summed E-state index contributed by atoms with van der Waals surface area (Å²) in [6.45, 7) is 0. The molecule has 96 valence electrons. The van der Waals surface area contributed by atoms with E-state index in [9.17, 15) is 4.79 Å². The molecule has 4 saturated carbocycles. The third kappa shape index (κ3) is 1.65. The molecule has 0 aliphatic heterocycles. The summed E-state index contributed by atoms with van der Waals surface area (Å²) in [5.74, 6) is 3.07. The fraction of sp³-hybridized carbons (Fsp3) is 0.688. The Morgan fingerprint density at radius 2 is 1.78 bits per heavy atom. The Kier molecular flexibility index (Phi) is 2.24. The molecule has 1 aromatic rings. The lowest BCUT2D eigenvalue weighted by molar-refractivity contribution is -0.0524. The Hall–Kier alpha value is -1.05. The minimum absolute atomic E-state index is 0.297. The second-order valence-corrected chi connectivity index (χ2v) is 7.03. The van der Waals surface area contributed by atoms with E-state index in [2.05, 4.69) is 0 Å². The van der Waals surface area contributed by atoms with E-state index in [1.807, 2.05) is 6.07 Å². The van der Waals surface area contributed by atoms with Crippen molar-refractivity contribution >= 4 is 5.78 Å². The van der Waals surface area contributed by atoms with Gasteiger partial charge in [0.1, 0.15) is 6.26 Å². The molecule has 2 nitrogen and oxygen atoms in total. The van der Waals surface area contributed by atoms with E-state index in [0.717, 1.165) is 29.7 Å². The number of carbonyl (C=O) groups excluding carboxylic acids is 1. The average molecular weight is 244 g/mol. The van der Waals surface area contributed by atoms with Crippen LogP contribution in [0.4, 0.5) is 0 Å². The van der Waals surface area contributed by atoms with Crippen molar-refractivity contribution < 1.29 is 9.21 Å². The Bertz CT molecular complexity index is 422. The molecule has 0 atom stereocenters. The molecule has 0 saturated heterocycles. The SMILES string of the molecule is O=C(CC12CC3CC(CC(C3)C1)C2)c1ccoc1. The van der Waals surface area contributed by atoms with E-state index in [4.69, 9.17) is 4.42 Å². The first-order valence-corrected chi connectivity index (χ1v) is 7.28. The molecule has 0 N–H and O–H groups in total. The lowest BCUT2D eigenvalue weighted by Gasteiger charge is -2.56. The minimum atomic E-state index is 0.297. The number of hydrogen-bond acceptors (Lipinski definition) is 2. The molecular weight excluding hydrogens is 224 g/mol. The summed E-state index contributed by atoms with van der Waals surface area (Å²) < 4.78 is 5.04. The van der Waals surface area contributed by atoms with Crippen LogP contribution in [0.3, 0.4) is 0 Å². The molecule has 2 heteroatoms. The van der Waals surface area contributed by atoms with Gasteiger partial charge in [0, 0.05) is 6.42 Å². The topological polar surface area (TPSA) is 30.2 Å². The smallest absolute Gasteiger partial charge is 0.166 e. The lowest BCUT2D eigenvalue weighted by Crippen LogP contribution is -2.46. The van der Waals surface area contributed by atoms with Crippen molar-refractivity contribution in [1.29, 1.82) is 0 Å². The molecule has 0 radical (unpaired) electrons. The molecule has 4 fully saturated rings. The van der Waals surface area contributed by atoms with E-state index in [1.165, 1.54) is 38.5 Å². The summed E-state index contributed by atoms with van der Waals surface area (Å²) in [5.41, 5.74) is 1.12. The Labute approximate surface area is 108 Å². The highest BCUT2D eigenvalue weighted by atomic mass is 16.3. The third-order valence-corrected chi connectivity index (χ3v) is 5.54. The number of ketones is 1. The van der Waals surface area contributed by atoms with Crippen molar-refractivity contribution in [2.24, 2.45) is 23.2 Å². The van der Waals surface area contributed by atoms with Crippen molar-refractivity contribution in [2.75, 3.05) is 0 Å². The summed E-state index contributed by atoms with van der Waals surface area (Å²) >= 11 is 0. The zero-order chi connectivity index (χ0) is 12.2. The maximum absolute atomic E-state index is 12.3. The van der Waals surface area contributed by atoms with E-state index in [1.54, 1.807) is 12.5 Å². The largest absolute Gasteiger partial charge is 0.472 e. The van der Waals surface area contributed by atoms with E-state index in [0.29, 0.717) is 11.2 Å². The van der Waals surface area contributed by atoms with E-state index in [-0.39, 0.29) is 0 Å². The summed E-state index contributed by atoms with van der Waals surface area (Å²) in [5, 5.41) is 0. The molecule has 0 amide bonds. The molecule has 0 spiro atoms. The Balaban J connectivity index is 1.56. The molecule has 4 bridgehead atoms. The molecule has 4 aliphatic carbocycles. The first-order chi connectivity index (χ1) is 8.72. The molecule has 1 heterocycles. The Morgan fingerprint density at radius 1 is 1.17 bits per heavy atom. The van der Waals surface area contributed by atoms with Gasteiger partial charge in [-0.05, 0) is 67.8 Å². The first-order valence-electron chi connectivity index (χ1n) is 7.28. The molecule has 18 heavy (non-hydrogen) atoms. The Morgan fingerprint density at radius 3 is 2.28 bits per heavy atom. The van der Waals surface area contributed by atoms with Gasteiger partial charge in [-0.2, -0.15) is 0 Å². The van der Waals surface area contributed by atoms with Crippen LogP contribution in [0.15, 0.2) is 23.0 Å². The highest BCUT2D eigenvalue weighted by Crippen LogP contribution is 2.61. The van der Waals surface area contributed by atoms with Crippen LogP contribution in [0.1, 0.15) is 55.3 Å². The van der Waals surface area contributed by atoms with Gasteiger partial charge in [-0.15, -0.1) is 0 Å². The van der Waals surface area contributed by atoms with Crippen molar-refractivity contribution in [3.63, 3.8) is 0 Å². The quantitative estimate of drug-likeness (QED) is 0.750.